The molecule has 0 atom stereocenters. The van der Waals surface area contributed by atoms with Crippen LogP contribution >= 0.6 is 0 Å². The predicted molar refractivity (Wildman–Crippen MR) is 68.6 cm³/mol. The molecule has 1 aliphatic heterocycles. The first-order chi connectivity index (χ1) is 8.54. The lowest BCUT2D eigenvalue weighted by Gasteiger charge is -2.31. The monoisotopic (exact) mass is 270 g/mol. The highest BCUT2D eigenvalue weighted by Gasteiger charge is 2.27. The SMILES string of the molecule is CN1CCN(S(=O)(=O)c2cccc(CO)c2)CC1. The summed E-state index contributed by atoms with van der Waals surface area (Å²) in [4.78, 5) is 2.37. The first kappa shape index (κ1) is 13.5. The Kier molecular flexibility index (Phi) is 4.01. The van der Waals surface area contributed by atoms with Crippen molar-refractivity contribution < 1.29 is 13.5 Å². The Hall–Kier alpha value is -0.950. The molecule has 0 unspecified atom stereocenters. The molecule has 1 fully saturated rings. The molecule has 0 amide bonds. The summed E-state index contributed by atoms with van der Waals surface area (Å²) in [6.45, 7) is 2.38. The summed E-state index contributed by atoms with van der Waals surface area (Å²) < 4.78 is 26.3. The Bertz CT molecular complexity index is 508. The Labute approximate surface area is 108 Å². The average molecular weight is 270 g/mol. The molecule has 1 saturated heterocycles. The van der Waals surface area contributed by atoms with Crippen molar-refractivity contribution in [2.75, 3.05) is 33.2 Å². The van der Waals surface area contributed by atoms with Gasteiger partial charge in [-0.2, -0.15) is 4.31 Å². The van der Waals surface area contributed by atoms with Gasteiger partial charge in [0.25, 0.3) is 0 Å². The maximum atomic E-state index is 12.4. The number of hydrogen-bond acceptors (Lipinski definition) is 4. The summed E-state index contributed by atoms with van der Waals surface area (Å²) in [5, 5.41) is 9.06. The van der Waals surface area contributed by atoms with E-state index in [4.69, 9.17) is 5.11 Å². The van der Waals surface area contributed by atoms with Gasteiger partial charge in [0.1, 0.15) is 0 Å². The molecule has 0 spiro atoms. The molecular weight excluding hydrogens is 252 g/mol. The van der Waals surface area contributed by atoms with E-state index in [0.717, 1.165) is 13.1 Å². The number of likely N-dealkylation sites (N-methyl/N-ethyl adjacent to an activating group) is 1. The predicted octanol–water partition coefficient (Wildman–Crippen LogP) is 0.115. The molecule has 1 aromatic rings. The maximum Gasteiger partial charge on any atom is 0.243 e. The van der Waals surface area contributed by atoms with Crippen molar-refractivity contribution in [2.24, 2.45) is 0 Å². The normalized spacial score (nSPS) is 19.0. The molecule has 1 heterocycles. The van der Waals surface area contributed by atoms with Crippen molar-refractivity contribution in [1.82, 2.24) is 9.21 Å². The van der Waals surface area contributed by atoms with Crippen molar-refractivity contribution in [3.05, 3.63) is 29.8 Å². The number of benzene rings is 1. The number of rotatable bonds is 3. The number of piperazine rings is 1. The van der Waals surface area contributed by atoms with E-state index < -0.39 is 10.0 Å². The van der Waals surface area contributed by atoms with Crippen LogP contribution in [0.15, 0.2) is 29.2 Å². The van der Waals surface area contributed by atoms with Gasteiger partial charge in [-0.05, 0) is 24.7 Å². The Balaban J connectivity index is 2.24. The van der Waals surface area contributed by atoms with E-state index in [1.807, 2.05) is 7.05 Å². The third-order valence-corrected chi connectivity index (χ3v) is 5.08. The molecule has 100 valence electrons. The van der Waals surface area contributed by atoms with Gasteiger partial charge in [-0.3, -0.25) is 0 Å². The summed E-state index contributed by atoms with van der Waals surface area (Å²) in [6.07, 6.45) is 0. The van der Waals surface area contributed by atoms with Gasteiger partial charge in [0.15, 0.2) is 0 Å². The summed E-state index contributed by atoms with van der Waals surface area (Å²) in [5.74, 6) is 0. The van der Waals surface area contributed by atoms with Crippen LogP contribution in [0.2, 0.25) is 0 Å². The van der Waals surface area contributed by atoms with E-state index in [1.165, 1.54) is 10.4 Å². The van der Waals surface area contributed by atoms with Gasteiger partial charge in [0, 0.05) is 26.2 Å². The number of aliphatic hydroxyl groups excluding tert-OH is 1. The fraction of sp³-hybridized carbons (Fsp3) is 0.500. The maximum absolute atomic E-state index is 12.4. The molecule has 2 rings (SSSR count). The zero-order chi connectivity index (χ0) is 13.2. The van der Waals surface area contributed by atoms with Crippen LogP contribution in [-0.4, -0.2) is 56.0 Å². The average Bonchev–Trinajstić information content (AvgIpc) is 2.39. The lowest BCUT2D eigenvalue weighted by atomic mass is 10.2. The standard InChI is InChI=1S/C12H18N2O3S/c1-13-5-7-14(8-6-13)18(16,17)12-4-2-3-11(9-12)10-15/h2-4,9,15H,5-8,10H2,1H3. The van der Waals surface area contributed by atoms with E-state index in [1.54, 1.807) is 18.2 Å². The van der Waals surface area contributed by atoms with Gasteiger partial charge < -0.3 is 10.0 Å². The minimum absolute atomic E-state index is 0.147. The van der Waals surface area contributed by atoms with Crippen LogP contribution in [0, 0.1) is 0 Å². The van der Waals surface area contributed by atoms with Crippen LogP contribution in [0.1, 0.15) is 5.56 Å². The summed E-state index contributed by atoms with van der Waals surface area (Å²) in [6, 6.07) is 6.48. The van der Waals surface area contributed by atoms with Crippen molar-refractivity contribution in [2.45, 2.75) is 11.5 Å². The zero-order valence-corrected chi connectivity index (χ0v) is 11.2. The first-order valence-electron chi connectivity index (χ1n) is 5.92. The van der Waals surface area contributed by atoms with Gasteiger partial charge in [0.05, 0.1) is 11.5 Å². The highest BCUT2D eigenvalue weighted by Crippen LogP contribution is 2.18. The number of nitrogens with zero attached hydrogens (tertiary/aromatic N) is 2. The van der Waals surface area contributed by atoms with E-state index in [2.05, 4.69) is 4.90 Å². The van der Waals surface area contributed by atoms with E-state index in [0.29, 0.717) is 18.7 Å². The molecule has 0 bridgehead atoms. The quantitative estimate of drug-likeness (QED) is 0.847. The van der Waals surface area contributed by atoms with Gasteiger partial charge in [-0.15, -0.1) is 0 Å². The second kappa shape index (κ2) is 5.36. The molecule has 1 aliphatic rings. The number of aliphatic hydroxyl groups is 1. The molecule has 0 radical (unpaired) electrons. The fourth-order valence-corrected chi connectivity index (χ4v) is 3.47. The summed E-state index contributed by atoms with van der Waals surface area (Å²) in [7, 11) is -1.44. The van der Waals surface area contributed by atoms with Crippen molar-refractivity contribution in [3.8, 4) is 0 Å². The molecule has 0 aliphatic carbocycles. The molecule has 6 heteroatoms. The fourth-order valence-electron chi connectivity index (χ4n) is 1.98. The van der Waals surface area contributed by atoms with Crippen LogP contribution in [-0.2, 0) is 16.6 Å². The smallest absolute Gasteiger partial charge is 0.243 e. The molecule has 0 saturated carbocycles. The van der Waals surface area contributed by atoms with E-state index >= 15 is 0 Å². The van der Waals surface area contributed by atoms with Gasteiger partial charge in [-0.25, -0.2) is 8.42 Å². The molecule has 0 aromatic heterocycles. The molecular formula is C12H18N2O3S. The lowest BCUT2D eigenvalue weighted by Crippen LogP contribution is -2.47. The third kappa shape index (κ3) is 2.72. The topological polar surface area (TPSA) is 60.9 Å². The van der Waals surface area contributed by atoms with Crippen LogP contribution in [0.3, 0.4) is 0 Å². The van der Waals surface area contributed by atoms with Crippen molar-refractivity contribution >= 4 is 10.0 Å². The Morgan fingerprint density at radius 1 is 1.22 bits per heavy atom. The Morgan fingerprint density at radius 3 is 2.50 bits per heavy atom. The zero-order valence-electron chi connectivity index (χ0n) is 10.4. The number of hydrogen-bond donors (Lipinski definition) is 1. The van der Waals surface area contributed by atoms with Crippen LogP contribution < -0.4 is 0 Å². The van der Waals surface area contributed by atoms with E-state index in [9.17, 15) is 8.42 Å². The van der Waals surface area contributed by atoms with Crippen molar-refractivity contribution in [3.63, 3.8) is 0 Å². The highest BCUT2D eigenvalue weighted by molar-refractivity contribution is 7.89. The number of sulfonamides is 1. The second-order valence-corrected chi connectivity index (χ2v) is 6.45. The second-order valence-electron chi connectivity index (χ2n) is 4.51. The lowest BCUT2D eigenvalue weighted by molar-refractivity contribution is 0.222. The van der Waals surface area contributed by atoms with Crippen molar-refractivity contribution in [1.29, 1.82) is 0 Å². The highest BCUT2D eigenvalue weighted by atomic mass is 32.2. The molecule has 18 heavy (non-hydrogen) atoms. The minimum Gasteiger partial charge on any atom is -0.392 e. The van der Waals surface area contributed by atoms with Gasteiger partial charge in [-0.1, -0.05) is 12.1 Å². The largest absolute Gasteiger partial charge is 0.392 e. The molecule has 1 aromatic carbocycles. The van der Waals surface area contributed by atoms with Crippen LogP contribution in [0.4, 0.5) is 0 Å². The Morgan fingerprint density at radius 2 is 1.89 bits per heavy atom. The van der Waals surface area contributed by atoms with Gasteiger partial charge >= 0.3 is 0 Å². The van der Waals surface area contributed by atoms with Crippen LogP contribution in [0.5, 0.6) is 0 Å². The summed E-state index contributed by atoms with van der Waals surface area (Å²) in [5.41, 5.74) is 0.616. The van der Waals surface area contributed by atoms with E-state index in [-0.39, 0.29) is 11.5 Å². The van der Waals surface area contributed by atoms with Gasteiger partial charge in [0.2, 0.25) is 10.0 Å². The molecule has 1 N–H and O–H groups in total. The van der Waals surface area contributed by atoms with Crippen LogP contribution in [0.25, 0.3) is 0 Å². The summed E-state index contributed by atoms with van der Waals surface area (Å²) >= 11 is 0. The third-order valence-electron chi connectivity index (χ3n) is 3.18. The minimum atomic E-state index is -3.42. The molecule has 5 nitrogen and oxygen atoms in total. The first-order valence-corrected chi connectivity index (χ1v) is 7.36.